The topological polar surface area (TPSA) is 100 Å². The number of aromatic nitrogens is 2. The fraction of sp³-hybridized carbons (Fsp3) is 0.500. The van der Waals surface area contributed by atoms with Crippen molar-refractivity contribution in [2.45, 2.75) is 39.7 Å². The second-order valence-electron chi connectivity index (χ2n) is 6.90. The summed E-state index contributed by atoms with van der Waals surface area (Å²) in [7, 11) is 0. The van der Waals surface area contributed by atoms with E-state index in [2.05, 4.69) is 20.8 Å². The number of carbonyl (C=O) groups excluding carboxylic acids is 1. The van der Waals surface area contributed by atoms with E-state index in [1.54, 1.807) is 6.92 Å². The van der Waals surface area contributed by atoms with Crippen molar-refractivity contribution in [1.82, 2.24) is 20.8 Å². The Hall–Kier alpha value is -2.41. The molecular formula is C18H26N4O3. The van der Waals surface area contributed by atoms with Gasteiger partial charge in [0.05, 0.1) is 12.5 Å². The number of amides is 2. The summed E-state index contributed by atoms with van der Waals surface area (Å²) in [6, 6.07) is 9.19. The molecule has 7 nitrogen and oxygen atoms in total. The van der Waals surface area contributed by atoms with Crippen LogP contribution in [-0.4, -0.2) is 34.4 Å². The Morgan fingerprint density at radius 1 is 1.32 bits per heavy atom. The predicted molar refractivity (Wildman–Crippen MR) is 94.0 cm³/mol. The van der Waals surface area contributed by atoms with Gasteiger partial charge in [0.1, 0.15) is 0 Å². The van der Waals surface area contributed by atoms with Gasteiger partial charge in [-0.25, -0.2) is 4.79 Å². The molecule has 0 saturated carbocycles. The third-order valence-corrected chi connectivity index (χ3v) is 3.93. The van der Waals surface area contributed by atoms with E-state index in [4.69, 9.17) is 9.63 Å². The fourth-order valence-electron chi connectivity index (χ4n) is 2.31. The van der Waals surface area contributed by atoms with E-state index in [0.29, 0.717) is 31.1 Å². The number of hydrogen-bond acceptors (Lipinski definition) is 5. The third kappa shape index (κ3) is 6.19. The highest BCUT2D eigenvalue weighted by Gasteiger charge is 2.20. The van der Waals surface area contributed by atoms with E-state index in [1.165, 1.54) is 0 Å². The molecule has 2 amide bonds. The van der Waals surface area contributed by atoms with Crippen molar-refractivity contribution in [1.29, 1.82) is 0 Å². The molecule has 1 unspecified atom stereocenters. The first-order chi connectivity index (χ1) is 11.9. The number of nitrogens with one attached hydrogen (secondary N) is 2. The summed E-state index contributed by atoms with van der Waals surface area (Å²) in [5.74, 6) is 0.954. The SMILES string of the molecule is CC(NC(=O)NCC(C)(C)CCO)c1noc(Cc2ccccc2)n1. The lowest BCUT2D eigenvalue weighted by Gasteiger charge is -2.24. The molecule has 3 N–H and O–H groups in total. The van der Waals surface area contributed by atoms with Gasteiger partial charge in [0.15, 0.2) is 5.82 Å². The highest BCUT2D eigenvalue weighted by Crippen LogP contribution is 2.18. The maximum absolute atomic E-state index is 12.0. The van der Waals surface area contributed by atoms with Crippen molar-refractivity contribution in [3.8, 4) is 0 Å². The molecule has 1 aromatic heterocycles. The first kappa shape index (κ1) is 18.9. The number of urea groups is 1. The molecule has 0 saturated heterocycles. The molecule has 1 aromatic carbocycles. The number of carbonyl (C=O) groups is 1. The van der Waals surface area contributed by atoms with Crippen LogP contribution < -0.4 is 10.6 Å². The van der Waals surface area contributed by atoms with Crippen LogP contribution in [0.1, 0.15) is 50.5 Å². The van der Waals surface area contributed by atoms with Crippen molar-refractivity contribution >= 4 is 6.03 Å². The Kier molecular flexibility index (Phi) is 6.52. The fourth-order valence-corrected chi connectivity index (χ4v) is 2.31. The summed E-state index contributed by atoms with van der Waals surface area (Å²) in [5.41, 5.74) is 0.923. The Bertz CT molecular complexity index is 670. The van der Waals surface area contributed by atoms with Gasteiger partial charge in [-0.15, -0.1) is 0 Å². The second-order valence-corrected chi connectivity index (χ2v) is 6.90. The molecule has 1 atom stereocenters. The zero-order valence-corrected chi connectivity index (χ0v) is 15.0. The number of rotatable bonds is 8. The lowest BCUT2D eigenvalue weighted by atomic mass is 9.90. The summed E-state index contributed by atoms with van der Waals surface area (Å²) < 4.78 is 5.26. The minimum atomic E-state index is -0.366. The number of hydrogen-bond donors (Lipinski definition) is 3. The largest absolute Gasteiger partial charge is 0.396 e. The monoisotopic (exact) mass is 346 g/mol. The van der Waals surface area contributed by atoms with E-state index < -0.39 is 0 Å². The summed E-state index contributed by atoms with van der Waals surface area (Å²) in [6.07, 6.45) is 1.18. The maximum atomic E-state index is 12.0. The van der Waals surface area contributed by atoms with Crippen LogP contribution in [-0.2, 0) is 6.42 Å². The molecule has 0 spiro atoms. The van der Waals surface area contributed by atoms with Crippen molar-refractivity contribution < 1.29 is 14.4 Å². The summed E-state index contributed by atoms with van der Waals surface area (Å²) >= 11 is 0. The molecule has 0 aliphatic carbocycles. The van der Waals surface area contributed by atoms with Gasteiger partial charge in [-0.1, -0.05) is 49.3 Å². The Labute approximate surface area is 147 Å². The number of nitrogens with zero attached hydrogens (tertiary/aromatic N) is 2. The first-order valence-corrected chi connectivity index (χ1v) is 8.41. The zero-order chi connectivity index (χ0) is 18.3. The van der Waals surface area contributed by atoms with Crippen LogP contribution in [0.25, 0.3) is 0 Å². The third-order valence-electron chi connectivity index (χ3n) is 3.93. The Balaban J connectivity index is 1.84. The molecule has 0 fully saturated rings. The number of aliphatic hydroxyl groups is 1. The molecule has 0 bridgehead atoms. The number of benzene rings is 1. The van der Waals surface area contributed by atoms with Crippen LogP contribution in [0.2, 0.25) is 0 Å². The summed E-state index contributed by atoms with van der Waals surface area (Å²) in [4.78, 5) is 16.3. The van der Waals surface area contributed by atoms with Crippen LogP contribution >= 0.6 is 0 Å². The van der Waals surface area contributed by atoms with Gasteiger partial charge in [0.25, 0.3) is 0 Å². The van der Waals surface area contributed by atoms with Crippen molar-refractivity contribution in [3.05, 3.63) is 47.6 Å². The van der Waals surface area contributed by atoms with Crippen LogP contribution in [0.5, 0.6) is 0 Å². The molecule has 25 heavy (non-hydrogen) atoms. The van der Waals surface area contributed by atoms with Gasteiger partial charge >= 0.3 is 6.03 Å². The molecule has 0 radical (unpaired) electrons. The zero-order valence-electron chi connectivity index (χ0n) is 15.0. The maximum Gasteiger partial charge on any atom is 0.315 e. The number of aliphatic hydroxyl groups excluding tert-OH is 1. The van der Waals surface area contributed by atoms with Crippen molar-refractivity contribution in [2.75, 3.05) is 13.2 Å². The average molecular weight is 346 g/mol. The molecule has 7 heteroatoms. The van der Waals surface area contributed by atoms with Gasteiger partial charge in [-0.2, -0.15) is 4.98 Å². The lowest BCUT2D eigenvalue weighted by Crippen LogP contribution is -2.42. The minimum Gasteiger partial charge on any atom is -0.396 e. The summed E-state index contributed by atoms with van der Waals surface area (Å²) in [6.45, 7) is 6.34. The van der Waals surface area contributed by atoms with Crippen molar-refractivity contribution in [3.63, 3.8) is 0 Å². The first-order valence-electron chi connectivity index (χ1n) is 8.41. The van der Waals surface area contributed by atoms with Crippen LogP contribution in [0, 0.1) is 5.41 Å². The standard InChI is InChI=1S/C18H26N4O3/c1-13(20-17(24)19-12-18(2,3)9-10-23)16-21-15(25-22-16)11-14-7-5-4-6-8-14/h4-8,13,23H,9-12H2,1-3H3,(H2,19,20,24). The normalized spacial score (nSPS) is 12.6. The van der Waals surface area contributed by atoms with E-state index in [-0.39, 0.29) is 24.1 Å². The predicted octanol–water partition coefficient (Wildman–Crippen LogP) is 2.43. The molecule has 136 valence electrons. The van der Waals surface area contributed by atoms with Gasteiger partial charge in [0, 0.05) is 13.2 Å². The second kappa shape index (κ2) is 8.62. The van der Waals surface area contributed by atoms with E-state index in [1.807, 2.05) is 44.2 Å². The lowest BCUT2D eigenvalue weighted by molar-refractivity contribution is 0.200. The summed E-state index contributed by atoms with van der Waals surface area (Å²) in [5, 5.41) is 18.6. The molecule has 2 aromatic rings. The van der Waals surface area contributed by atoms with Crippen LogP contribution in [0.15, 0.2) is 34.9 Å². The van der Waals surface area contributed by atoms with Gasteiger partial charge in [-0.3, -0.25) is 0 Å². The van der Waals surface area contributed by atoms with Gasteiger partial charge in [0.2, 0.25) is 5.89 Å². The van der Waals surface area contributed by atoms with E-state index in [0.717, 1.165) is 5.56 Å². The Morgan fingerprint density at radius 3 is 2.72 bits per heavy atom. The minimum absolute atomic E-state index is 0.0970. The van der Waals surface area contributed by atoms with Crippen LogP contribution in [0.4, 0.5) is 4.79 Å². The molecule has 0 aliphatic rings. The Morgan fingerprint density at radius 2 is 2.04 bits per heavy atom. The average Bonchev–Trinajstić information content (AvgIpc) is 3.03. The molecule has 1 heterocycles. The molecule has 2 rings (SSSR count). The molecule has 0 aliphatic heterocycles. The highest BCUT2D eigenvalue weighted by atomic mass is 16.5. The van der Waals surface area contributed by atoms with Crippen LogP contribution in [0.3, 0.4) is 0 Å². The quantitative estimate of drug-likeness (QED) is 0.681. The van der Waals surface area contributed by atoms with E-state index in [9.17, 15) is 4.79 Å². The van der Waals surface area contributed by atoms with Gasteiger partial charge < -0.3 is 20.3 Å². The van der Waals surface area contributed by atoms with E-state index >= 15 is 0 Å². The van der Waals surface area contributed by atoms with Gasteiger partial charge in [-0.05, 0) is 24.3 Å². The smallest absolute Gasteiger partial charge is 0.315 e. The highest BCUT2D eigenvalue weighted by molar-refractivity contribution is 5.74. The molecular weight excluding hydrogens is 320 g/mol. The van der Waals surface area contributed by atoms with Crippen molar-refractivity contribution in [2.24, 2.45) is 5.41 Å².